The fourth-order valence-electron chi connectivity index (χ4n) is 1.98. The quantitative estimate of drug-likeness (QED) is 0.771. The van der Waals surface area contributed by atoms with Crippen molar-refractivity contribution in [1.82, 2.24) is 0 Å². The molecule has 0 aliphatic rings. The highest BCUT2D eigenvalue weighted by molar-refractivity contribution is 6.02. The van der Waals surface area contributed by atoms with Gasteiger partial charge in [-0.15, -0.1) is 0 Å². The summed E-state index contributed by atoms with van der Waals surface area (Å²) in [7, 11) is 0. The van der Waals surface area contributed by atoms with Gasteiger partial charge in [0.2, 0.25) is 0 Å². The van der Waals surface area contributed by atoms with Gasteiger partial charge in [-0.1, -0.05) is 45.7 Å². The minimum Gasteiger partial charge on any atom is -0.478 e. The Morgan fingerprint density at radius 3 is 2.30 bits per heavy atom. The van der Waals surface area contributed by atoms with E-state index in [1.807, 2.05) is 13.8 Å². The van der Waals surface area contributed by atoms with Gasteiger partial charge < -0.3 is 9.84 Å². The minimum atomic E-state index is -1.12. The predicted molar refractivity (Wildman–Crippen MR) is 77.0 cm³/mol. The van der Waals surface area contributed by atoms with E-state index in [-0.39, 0.29) is 23.1 Å². The Kier molecular flexibility index (Phi) is 6.22. The van der Waals surface area contributed by atoms with Crippen LogP contribution in [-0.4, -0.2) is 23.1 Å². The summed E-state index contributed by atoms with van der Waals surface area (Å²) in [6.45, 7) is 6.08. The molecular weight excluding hydrogens is 256 g/mol. The van der Waals surface area contributed by atoms with Gasteiger partial charge >= 0.3 is 11.9 Å². The average Bonchev–Trinajstić information content (AvgIpc) is 2.42. The summed E-state index contributed by atoms with van der Waals surface area (Å²) in [5.41, 5.74) is 0.0950. The van der Waals surface area contributed by atoms with E-state index in [0.717, 1.165) is 19.3 Å². The Labute approximate surface area is 119 Å². The zero-order valence-electron chi connectivity index (χ0n) is 12.3. The Morgan fingerprint density at radius 1 is 1.20 bits per heavy atom. The highest BCUT2D eigenvalue weighted by atomic mass is 16.5. The third kappa shape index (κ3) is 4.37. The van der Waals surface area contributed by atoms with Crippen LogP contribution in [0.25, 0.3) is 0 Å². The minimum absolute atomic E-state index is 0.0181. The van der Waals surface area contributed by atoms with Gasteiger partial charge in [0.15, 0.2) is 0 Å². The van der Waals surface area contributed by atoms with E-state index < -0.39 is 11.9 Å². The van der Waals surface area contributed by atoms with Crippen LogP contribution in [0, 0.1) is 5.92 Å². The lowest BCUT2D eigenvalue weighted by Crippen LogP contribution is -2.24. The topological polar surface area (TPSA) is 63.6 Å². The summed E-state index contributed by atoms with van der Waals surface area (Å²) in [5.74, 6) is -1.47. The van der Waals surface area contributed by atoms with Gasteiger partial charge in [-0.3, -0.25) is 0 Å². The van der Waals surface area contributed by atoms with Gasteiger partial charge in [-0.25, -0.2) is 9.59 Å². The normalized spacial score (nSPS) is 12.2. The Morgan fingerprint density at radius 2 is 1.80 bits per heavy atom. The molecule has 0 unspecified atom stereocenters. The van der Waals surface area contributed by atoms with E-state index in [1.165, 1.54) is 12.1 Å². The molecule has 1 aromatic carbocycles. The van der Waals surface area contributed by atoms with Crippen molar-refractivity contribution in [2.24, 2.45) is 5.92 Å². The van der Waals surface area contributed by atoms with Gasteiger partial charge in [0.05, 0.1) is 11.1 Å². The monoisotopic (exact) mass is 278 g/mol. The largest absolute Gasteiger partial charge is 0.478 e. The zero-order valence-corrected chi connectivity index (χ0v) is 12.3. The van der Waals surface area contributed by atoms with Crippen molar-refractivity contribution in [3.63, 3.8) is 0 Å². The highest BCUT2D eigenvalue weighted by Crippen LogP contribution is 2.18. The number of carbonyl (C=O) groups excluding carboxylic acids is 1. The molecule has 0 heterocycles. The first-order valence-corrected chi connectivity index (χ1v) is 7.00. The van der Waals surface area contributed by atoms with Gasteiger partial charge in [-0.2, -0.15) is 0 Å². The van der Waals surface area contributed by atoms with Crippen molar-refractivity contribution < 1.29 is 19.4 Å². The molecule has 0 bridgehead atoms. The number of carboxylic acids is 1. The lowest BCUT2D eigenvalue weighted by atomic mass is 10.0. The van der Waals surface area contributed by atoms with Crippen molar-refractivity contribution in [3.8, 4) is 0 Å². The molecule has 0 saturated carbocycles. The number of ether oxygens (including phenoxy) is 1. The molecule has 0 aromatic heterocycles. The lowest BCUT2D eigenvalue weighted by Gasteiger charge is -2.21. The van der Waals surface area contributed by atoms with E-state index >= 15 is 0 Å². The first-order valence-electron chi connectivity index (χ1n) is 7.00. The maximum atomic E-state index is 12.2. The van der Waals surface area contributed by atoms with Gasteiger partial charge in [0, 0.05) is 0 Å². The summed E-state index contributed by atoms with van der Waals surface area (Å²) in [4.78, 5) is 23.3. The average molecular weight is 278 g/mol. The Hall–Kier alpha value is -1.84. The molecule has 1 N–H and O–H groups in total. The summed E-state index contributed by atoms with van der Waals surface area (Å²) < 4.78 is 5.49. The van der Waals surface area contributed by atoms with Crippen molar-refractivity contribution in [1.29, 1.82) is 0 Å². The molecule has 0 spiro atoms. The number of aromatic carboxylic acids is 1. The maximum Gasteiger partial charge on any atom is 0.339 e. The summed E-state index contributed by atoms with van der Waals surface area (Å²) in [5, 5.41) is 9.09. The van der Waals surface area contributed by atoms with Gasteiger partial charge in [0.25, 0.3) is 0 Å². The molecule has 0 aliphatic heterocycles. The maximum absolute atomic E-state index is 12.2. The number of rotatable bonds is 7. The molecule has 1 atom stereocenters. The van der Waals surface area contributed by atoms with E-state index in [0.29, 0.717) is 0 Å². The SMILES string of the molecule is CCCC[C@@H](OC(=O)c1ccccc1C(=O)O)C(C)C. The molecule has 20 heavy (non-hydrogen) atoms. The van der Waals surface area contributed by atoms with Crippen molar-refractivity contribution in [3.05, 3.63) is 35.4 Å². The molecule has 1 rings (SSSR count). The molecule has 4 heteroatoms. The number of carboxylic acid groups (broad SMARTS) is 1. The van der Waals surface area contributed by atoms with Crippen LogP contribution in [0.2, 0.25) is 0 Å². The van der Waals surface area contributed by atoms with E-state index in [9.17, 15) is 9.59 Å². The van der Waals surface area contributed by atoms with Crippen LogP contribution in [-0.2, 0) is 4.74 Å². The van der Waals surface area contributed by atoms with Crippen molar-refractivity contribution in [2.75, 3.05) is 0 Å². The Bertz CT molecular complexity index is 465. The molecule has 0 saturated heterocycles. The van der Waals surface area contributed by atoms with Crippen molar-refractivity contribution in [2.45, 2.75) is 46.1 Å². The molecule has 1 aromatic rings. The van der Waals surface area contributed by atoms with Crippen molar-refractivity contribution >= 4 is 11.9 Å². The number of carbonyl (C=O) groups is 2. The summed E-state index contributed by atoms with van der Waals surface area (Å²) in [6, 6.07) is 6.13. The third-order valence-corrected chi connectivity index (χ3v) is 3.22. The van der Waals surface area contributed by atoms with Crippen LogP contribution >= 0.6 is 0 Å². The van der Waals surface area contributed by atoms with Crippen LogP contribution in [0.3, 0.4) is 0 Å². The summed E-state index contributed by atoms with van der Waals surface area (Å²) in [6.07, 6.45) is 2.64. The molecule has 0 amide bonds. The van der Waals surface area contributed by atoms with Crippen LogP contribution in [0.15, 0.2) is 24.3 Å². The van der Waals surface area contributed by atoms with E-state index in [2.05, 4.69) is 6.92 Å². The fourth-order valence-corrected chi connectivity index (χ4v) is 1.98. The van der Waals surface area contributed by atoms with Crippen LogP contribution in [0.1, 0.15) is 60.7 Å². The van der Waals surface area contributed by atoms with Crippen LogP contribution < -0.4 is 0 Å². The molecule has 110 valence electrons. The van der Waals surface area contributed by atoms with E-state index in [1.54, 1.807) is 12.1 Å². The van der Waals surface area contributed by atoms with Gasteiger partial charge in [-0.05, 0) is 24.5 Å². The second-order valence-electron chi connectivity index (χ2n) is 5.18. The first-order chi connectivity index (χ1) is 9.47. The predicted octanol–water partition coefficient (Wildman–Crippen LogP) is 3.76. The standard InChI is InChI=1S/C16H22O4/c1-4-5-10-14(11(2)3)20-16(19)13-9-7-6-8-12(13)15(17)18/h6-9,11,14H,4-5,10H2,1-3H3,(H,17,18)/t14-/m1/s1. The summed E-state index contributed by atoms with van der Waals surface area (Å²) >= 11 is 0. The zero-order chi connectivity index (χ0) is 15.1. The highest BCUT2D eigenvalue weighted by Gasteiger charge is 2.22. The molecule has 0 aliphatic carbocycles. The molecule has 4 nitrogen and oxygen atoms in total. The second-order valence-corrected chi connectivity index (χ2v) is 5.18. The van der Waals surface area contributed by atoms with E-state index in [4.69, 9.17) is 9.84 Å². The number of esters is 1. The van der Waals surface area contributed by atoms with Crippen LogP contribution in [0.5, 0.6) is 0 Å². The first kappa shape index (κ1) is 16.2. The Balaban J connectivity index is 2.86. The lowest BCUT2D eigenvalue weighted by molar-refractivity contribution is 0.0149. The number of unbranched alkanes of at least 4 members (excludes halogenated alkanes) is 1. The third-order valence-electron chi connectivity index (χ3n) is 3.22. The van der Waals surface area contributed by atoms with Gasteiger partial charge in [0.1, 0.15) is 6.10 Å². The number of benzene rings is 1. The van der Waals surface area contributed by atoms with Crippen LogP contribution in [0.4, 0.5) is 0 Å². The number of hydrogen-bond acceptors (Lipinski definition) is 3. The molecule has 0 fully saturated rings. The second kappa shape index (κ2) is 7.68. The fraction of sp³-hybridized carbons (Fsp3) is 0.500. The number of hydrogen-bond donors (Lipinski definition) is 1. The molecular formula is C16H22O4. The molecule has 0 radical (unpaired) electrons. The smallest absolute Gasteiger partial charge is 0.339 e.